The third kappa shape index (κ3) is 3.60. The van der Waals surface area contributed by atoms with Gasteiger partial charge in [0.2, 0.25) is 5.91 Å². The third-order valence-electron chi connectivity index (χ3n) is 4.45. The topological polar surface area (TPSA) is 41.1 Å². The van der Waals surface area contributed by atoms with E-state index in [4.69, 9.17) is 0 Å². The molecule has 20 heavy (non-hydrogen) atoms. The highest BCUT2D eigenvalue weighted by atomic mass is 16.1. The van der Waals surface area contributed by atoms with E-state index in [1.807, 2.05) is 13.0 Å². The number of amides is 1. The molecule has 0 bridgehead atoms. The minimum absolute atomic E-state index is 0.0633. The van der Waals surface area contributed by atoms with Crippen molar-refractivity contribution >= 4 is 5.91 Å². The summed E-state index contributed by atoms with van der Waals surface area (Å²) < 4.78 is 0. The van der Waals surface area contributed by atoms with Crippen LogP contribution in [0.5, 0.6) is 0 Å². The number of hydrogen-bond acceptors (Lipinski definition) is 2. The lowest BCUT2D eigenvalue weighted by Gasteiger charge is -2.34. The molecule has 110 valence electrons. The maximum Gasteiger partial charge on any atom is 0.223 e. The molecule has 0 radical (unpaired) electrons. The summed E-state index contributed by atoms with van der Waals surface area (Å²) in [6.07, 6.45) is 1.07. The Morgan fingerprint density at radius 1 is 1.25 bits per heavy atom. The molecule has 1 aromatic carbocycles. The van der Waals surface area contributed by atoms with Gasteiger partial charge in [0.25, 0.3) is 0 Å². The molecule has 2 rings (SSSR count). The van der Waals surface area contributed by atoms with Gasteiger partial charge in [0.05, 0.1) is 0 Å². The second kappa shape index (κ2) is 6.89. The Morgan fingerprint density at radius 2 is 1.95 bits per heavy atom. The summed E-state index contributed by atoms with van der Waals surface area (Å²) >= 11 is 0. The van der Waals surface area contributed by atoms with Gasteiger partial charge in [-0.05, 0) is 24.4 Å². The van der Waals surface area contributed by atoms with Crippen LogP contribution in [-0.4, -0.2) is 25.0 Å². The van der Waals surface area contributed by atoms with Crippen LogP contribution in [0.3, 0.4) is 0 Å². The predicted octanol–water partition coefficient (Wildman–Crippen LogP) is 2.54. The van der Waals surface area contributed by atoms with Crippen LogP contribution >= 0.6 is 0 Å². The molecule has 0 aliphatic carbocycles. The minimum Gasteiger partial charge on any atom is -0.351 e. The first-order chi connectivity index (χ1) is 9.59. The van der Waals surface area contributed by atoms with Crippen molar-refractivity contribution in [3.05, 3.63) is 35.9 Å². The van der Waals surface area contributed by atoms with E-state index in [1.54, 1.807) is 0 Å². The van der Waals surface area contributed by atoms with Gasteiger partial charge in [-0.1, -0.05) is 51.1 Å². The first-order valence-corrected chi connectivity index (χ1v) is 7.65. The van der Waals surface area contributed by atoms with Crippen LogP contribution < -0.4 is 10.6 Å². The Bertz CT molecular complexity index is 430. The van der Waals surface area contributed by atoms with Gasteiger partial charge in [-0.2, -0.15) is 0 Å². The molecule has 3 nitrogen and oxygen atoms in total. The van der Waals surface area contributed by atoms with Crippen LogP contribution in [0.2, 0.25) is 0 Å². The van der Waals surface area contributed by atoms with Gasteiger partial charge in [0, 0.05) is 24.4 Å². The van der Waals surface area contributed by atoms with Crippen LogP contribution in [-0.2, 0) is 4.79 Å². The van der Waals surface area contributed by atoms with Crippen LogP contribution in [0.4, 0.5) is 0 Å². The Kier molecular flexibility index (Phi) is 5.18. The normalized spacial score (nSPS) is 24.4. The van der Waals surface area contributed by atoms with E-state index < -0.39 is 0 Å². The van der Waals surface area contributed by atoms with Crippen molar-refractivity contribution in [2.45, 2.75) is 39.2 Å². The highest BCUT2D eigenvalue weighted by molar-refractivity contribution is 5.79. The van der Waals surface area contributed by atoms with Gasteiger partial charge < -0.3 is 10.6 Å². The monoisotopic (exact) mass is 274 g/mol. The summed E-state index contributed by atoms with van der Waals surface area (Å²) in [6.45, 7) is 8.08. The Balaban J connectivity index is 2.06. The summed E-state index contributed by atoms with van der Waals surface area (Å²) in [5.74, 6) is 1.03. The molecule has 0 aromatic heterocycles. The number of nitrogens with one attached hydrogen (secondary N) is 2. The zero-order valence-corrected chi connectivity index (χ0v) is 12.7. The molecule has 1 aliphatic rings. The first-order valence-electron chi connectivity index (χ1n) is 7.65. The largest absolute Gasteiger partial charge is 0.351 e. The van der Waals surface area contributed by atoms with Gasteiger partial charge in [-0.3, -0.25) is 4.79 Å². The van der Waals surface area contributed by atoms with Gasteiger partial charge in [-0.15, -0.1) is 0 Å². The van der Waals surface area contributed by atoms with Crippen LogP contribution in [0.15, 0.2) is 30.3 Å². The maximum atomic E-state index is 12.3. The maximum absolute atomic E-state index is 12.3. The molecule has 3 heteroatoms. The molecule has 3 atom stereocenters. The average molecular weight is 274 g/mol. The lowest BCUT2D eigenvalue weighted by molar-refractivity contribution is -0.126. The molecule has 2 N–H and O–H groups in total. The van der Waals surface area contributed by atoms with Crippen LogP contribution in [0, 0.1) is 11.8 Å². The fourth-order valence-corrected chi connectivity index (χ4v) is 2.73. The number of carbonyl (C=O) groups excluding carboxylic acids is 1. The van der Waals surface area contributed by atoms with E-state index >= 15 is 0 Å². The van der Waals surface area contributed by atoms with E-state index in [9.17, 15) is 4.79 Å². The lowest BCUT2D eigenvalue weighted by atomic mass is 9.85. The van der Waals surface area contributed by atoms with Crippen LogP contribution in [0.1, 0.15) is 38.7 Å². The van der Waals surface area contributed by atoms with Crippen molar-refractivity contribution in [2.75, 3.05) is 13.1 Å². The summed E-state index contributed by atoms with van der Waals surface area (Å²) in [7, 11) is 0. The Hall–Kier alpha value is -1.35. The lowest BCUT2D eigenvalue weighted by Crippen LogP contribution is -2.51. The second-order valence-corrected chi connectivity index (χ2v) is 6.16. The zero-order valence-electron chi connectivity index (χ0n) is 12.7. The third-order valence-corrected chi connectivity index (χ3v) is 4.45. The van der Waals surface area contributed by atoms with Gasteiger partial charge in [0.1, 0.15) is 0 Å². The summed E-state index contributed by atoms with van der Waals surface area (Å²) in [4.78, 5) is 12.3. The van der Waals surface area contributed by atoms with E-state index in [1.165, 1.54) is 5.56 Å². The highest BCUT2D eigenvalue weighted by Gasteiger charge is 2.29. The molecule has 0 saturated carbocycles. The fourth-order valence-electron chi connectivity index (χ4n) is 2.73. The van der Waals surface area contributed by atoms with Gasteiger partial charge in [-0.25, -0.2) is 0 Å². The highest BCUT2D eigenvalue weighted by Crippen LogP contribution is 2.26. The van der Waals surface area contributed by atoms with Crippen molar-refractivity contribution in [1.29, 1.82) is 0 Å². The van der Waals surface area contributed by atoms with Crippen molar-refractivity contribution < 1.29 is 4.79 Å². The number of rotatable bonds is 4. The van der Waals surface area contributed by atoms with Gasteiger partial charge >= 0.3 is 0 Å². The van der Waals surface area contributed by atoms with Crippen molar-refractivity contribution in [2.24, 2.45) is 11.8 Å². The van der Waals surface area contributed by atoms with Gasteiger partial charge in [0.15, 0.2) is 0 Å². The zero-order chi connectivity index (χ0) is 14.5. The Morgan fingerprint density at radius 3 is 2.60 bits per heavy atom. The smallest absolute Gasteiger partial charge is 0.223 e. The van der Waals surface area contributed by atoms with E-state index in [-0.39, 0.29) is 17.9 Å². The van der Waals surface area contributed by atoms with E-state index in [0.717, 1.165) is 19.5 Å². The standard InChI is InChI=1S/C17H26N2O/c1-12(2)13(3)17(20)19-16-11-18-10-9-15(16)14-7-5-4-6-8-14/h4-8,12-13,15-16,18H,9-11H2,1-3H3,(H,19,20). The van der Waals surface area contributed by atoms with Crippen molar-refractivity contribution in [1.82, 2.24) is 10.6 Å². The molecule has 1 heterocycles. The molecule has 1 amide bonds. The average Bonchev–Trinajstić information content (AvgIpc) is 2.47. The summed E-state index contributed by atoms with van der Waals surface area (Å²) in [5.41, 5.74) is 1.33. The number of piperidine rings is 1. The van der Waals surface area contributed by atoms with Crippen LogP contribution in [0.25, 0.3) is 0 Å². The van der Waals surface area contributed by atoms with E-state index in [0.29, 0.717) is 11.8 Å². The molecule has 1 aromatic rings. The molecule has 1 saturated heterocycles. The molecule has 0 spiro atoms. The number of carbonyl (C=O) groups is 1. The number of hydrogen-bond donors (Lipinski definition) is 2. The quantitative estimate of drug-likeness (QED) is 0.886. The Labute approximate surface area is 122 Å². The fraction of sp³-hybridized carbons (Fsp3) is 0.588. The minimum atomic E-state index is 0.0633. The molecular formula is C17H26N2O. The van der Waals surface area contributed by atoms with Crippen molar-refractivity contribution in [3.8, 4) is 0 Å². The van der Waals surface area contributed by atoms with Crippen molar-refractivity contribution in [3.63, 3.8) is 0 Å². The first kappa shape index (κ1) is 15.0. The second-order valence-electron chi connectivity index (χ2n) is 6.16. The molecular weight excluding hydrogens is 248 g/mol. The summed E-state index contributed by atoms with van der Waals surface area (Å²) in [6, 6.07) is 10.7. The predicted molar refractivity (Wildman–Crippen MR) is 82.6 cm³/mol. The number of benzene rings is 1. The molecule has 1 fully saturated rings. The SMILES string of the molecule is CC(C)C(C)C(=O)NC1CNCCC1c1ccccc1. The van der Waals surface area contributed by atoms with E-state index in [2.05, 4.69) is 48.7 Å². The molecule has 1 aliphatic heterocycles. The summed E-state index contributed by atoms with van der Waals surface area (Å²) in [5, 5.41) is 6.64. The molecule has 3 unspecified atom stereocenters.